The van der Waals surface area contributed by atoms with Gasteiger partial charge in [0.05, 0.1) is 11.4 Å². The first-order valence-electron chi connectivity index (χ1n) is 8.21. The van der Waals surface area contributed by atoms with E-state index in [1.807, 2.05) is 0 Å². The molecule has 0 aliphatic rings. The number of fused-ring (bicyclic) bond motifs is 1. The van der Waals surface area contributed by atoms with Crippen LogP contribution in [-0.4, -0.2) is 28.3 Å². The number of aryl methyl sites for hydroxylation is 1. The molecule has 6 nitrogen and oxygen atoms in total. The van der Waals surface area contributed by atoms with Gasteiger partial charge in [-0.15, -0.1) is 0 Å². The standard InChI is InChI=1S/C19H17F2N3O3/c1-11(10-27-16-8-7-12(20)9-15(16)21)22-18(25)17-13-5-3-4-6-14(13)19(26)24(2)23-17/h3-9,11H,10H2,1-2H3,(H,22,25). The second-order valence-corrected chi connectivity index (χ2v) is 6.08. The summed E-state index contributed by atoms with van der Waals surface area (Å²) in [6.45, 7) is 1.64. The summed E-state index contributed by atoms with van der Waals surface area (Å²) in [6, 6.07) is 9.19. The maximum atomic E-state index is 13.6. The van der Waals surface area contributed by atoms with Crippen molar-refractivity contribution in [2.24, 2.45) is 7.05 Å². The zero-order chi connectivity index (χ0) is 19.6. The minimum Gasteiger partial charge on any atom is -0.488 e. The van der Waals surface area contributed by atoms with Gasteiger partial charge in [-0.1, -0.05) is 18.2 Å². The van der Waals surface area contributed by atoms with E-state index in [4.69, 9.17) is 4.74 Å². The minimum atomic E-state index is -0.820. The van der Waals surface area contributed by atoms with Crippen molar-refractivity contribution in [3.05, 3.63) is 70.1 Å². The lowest BCUT2D eigenvalue weighted by molar-refractivity contribution is 0.0921. The second-order valence-electron chi connectivity index (χ2n) is 6.08. The normalized spacial score (nSPS) is 12.0. The third-order valence-electron chi connectivity index (χ3n) is 3.93. The lowest BCUT2D eigenvalue weighted by atomic mass is 10.1. The fourth-order valence-electron chi connectivity index (χ4n) is 2.61. The molecule has 27 heavy (non-hydrogen) atoms. The summed E-state index contributed by atoms with van der Waals surface area (Å²) in [6.07, 6.45) is 0. The first-order valence-corrected chi connectivity index (χ1v) is 8.21. The van der Waals surface area contributed by atoms with Gasteiger partial charge in [0, 0.05) is 18.5 Å². The molecule has 1 unspecified atom stereocenters. The smallest absolute Gasteiger partial charge is 0.274 e. The molecule has 2 aromatic carbocycles. The van der Waals surface area contributed by atoms with E-state index in [2.05, 4.69) is 10.4 Å². The summed E-state index contributed by atoms with van der Waals surface area (Å²) >= 11 is 0. The SMILES string of the molecule is CC(COc1ccc(F)cc1F)NC(=O)c1nn(C)c(=O)c2ccccc12. The average Bonchev–Trinajstić information content (AvgIpc) is 2.64. The Morgan fingerprint density at radius 2 is 1.93 bits per heavy atom. The van der Waals surface area contributed by atoms with Crippen molar-refractivity contribution in [1.82, 2.24) is 15.1 Å². The predicted octanol–water partition coefficient (Wildman–Crippen LogP) is 2.41. The fourth-order valence-corrected chi connectivity index (χ4v) is 2.61. The fraction of sp³-hybridized carbons (Fsp3) is 0.211. The predicted molar refractivity (Wildman–Crippen MR) is 95.8 cm³/mol. The van der Waals surface area contributed by atoms with Gasteiger partial charge in [0.15, 0.2) is 17.3 Å². The van der Waals surface area contributed by atoms with Crippen LogP contribution in [0.4, 0.5) is 8.78 Å². The van der Waals surface area contributed by atoms with Crippen LogP contribution < -0.4 is 15.6 Å². The Morgan fingerprint density at radius 3 is 2.63 bits per heavy atom. The van der Waals surface area contributed by atoms with E-state index < -0.39 is 23.6 Å². The Labute approximate surface area is 153 Å². The van der Waals surface area contributed by atoms with E-state index in [9.17, 15) is 18.4 Å². The van der Waals surface area contributed by atoms with Crippen LogP contribution >= 0.6 is 0 Å². The molecule has 0 radical (unpaired) electrons. The summed E-state index contributed by atoms with van der Waals surface area (Å²) in [4.78, 5) is 24.7. The highest BCUT2D eigenvalue weighted by atomic mass is 19.1. The highest BCUT2D eigenvalue weighted by Gasteiger charge is 2.18. The molecule has 140 valence electrons. The van der Waals surface area contributed by atoms with Crippen molar-refractivity contribution >= 4 is 16.7 Å². The average molecular weight is 373 g/mol. The number of rotatable bonds is 5. The summed E-state index contributed by atoms with van der Waals surface area (Å²) < 4.78 is 32.9. The minimum absolute atomic E-state index is 0.0298. The summed E-state index contributed by atoms with van der Waals surface area (Å²) in [5.74, 6) is -2.12. The maximum Gasteiger partial charge on any atom is 0.274 e. The molecule has 1 heterocycles. The molecule has 0 saturated carbocycles. The molecule has 8 heteroatoms. The van der Waals surface area contributed by atoms with Crippen LogP contribution in [0.2, 0.25) is 0 Å². The zero-order valence-corrected chi connectivity index (χ0v) is 14.7. The molecule has 0 bridgehead atoms. The van der Waals surface area contributed by atoms with E-state index >= 15 is 0 Å². The van der Waals surface area contributed by atoms with Crippen molar-refractivity contribution in [3.63, 3.8) is 0 Å². The molecule has 1 N–H and O–H groups in total. The Kier molecular flexibility index (Phi) is 5.16. The zero-order valence-electron chi connectivity index (χ0n) is 14.7. The van der Waals surface area contributed by atoms with Crippen molar-refractivity contribution in [3.8, 4) is 5.75 Å². The molecule has 0 spiro atoms. The molecule has 0 fully saturated rings. The van der Waals surface area contributed by atoms with E-state index in [1.54, 1.807) is 31.2 Å². The maximum absolute atomic E-state index is 13.6. The Hall–Kier alpha value is -3.29. The number of hydrogen-bond acceptors (Lipinski definition) is 4. The molecule has 3 aromatic rings. The molecule has 1 atom stereocenters. The molecule has 1 aromatic heterocycles. The molecule has 3 rings (SSSR count). The number of benzene rings is 2. The Bertz CT molecular complexity index is 1070. The van der Waals surface area contributed by atoms with E-state index in [0.717, 1.165) is 16.8 Å². The Morgan fingerprint density at radius 1 is 1.22 bits per heavy atom. The third-order valence-corrected chi connectivity index (χ3v) is 3.93. The largest absolute Gasteiger partial charge is 0.488 e. The highest BCUT2D eigenvalue weighted by molar-refractivity contribution is 6.04. The highest BCUT2D eigenvalue weighted by Crippen LogP contribution is 2.18. The van der Waals surface area contributed by atoms with Crippen LogP contribution in [0.1, 0.15) is 17.4 Å². The first-order chi connectivity index (χ1) is 12.9. The molecule has 0 saturated heterocycles. The number of amides is 1. The second kappa shape index (κ2) is 7.53. The van der Waals surface area contributed by atoms with Crippen LogP contribution in [0.15, 0.2) is 47.3 Å². The number of hydrogen-bond donors (Lipinski definition) is 1. The van der Waals surface area contributed by atoms with Crippen LogP contribution in [0.3, 0.4) is 0 Å². The van der Waals surface area contributed by atoms with Gasteiger partial charge in [0.1, 0.15) is 12.4 Å². The van der Waals surface area contributed by atoms with Gasteiger partial charge in [0.25, 0.3) is 11.5 Å². The van der Waals surface area contributed by atoms with Crippen molar-refractivity contribution in [2.75, 3.05) is 6.61 Å². The van der Waals surface area contributed by atoms with Gasteiger partial charge < -0.3 is 10.1 Å². The van der Waals surface area contributed by atoms with E-state index in [-0.39, 0.29) is 23.6 Å². The summed E-state index contributed by atoms with van der Waals surface area (Å²) in [5, 5.41) is 7.57. The van der Waals surface area contributed by atoms with Crippen molar-refractivity contribution < 1.29 is 18.3 Å². The molecule has 0 aliphatic heterocycles. The van der Waals surface area contributed by atoms with Crippen LogP contribution in [0.25, 0.3) is 10.8 Å². The number of halogens is 2. The number of carbonyl (C=O) groups is 1. The number of nitrogens with one attached hydrogen (secondary N) is 1. The van der Waals surface area contributed by atoms with Crippen LogP contribution in [0.5, 0.6) is 5.75 Å². The molecule has 1 amide bonds. The molecular weight excluding hydrogens is 356 g/mol. The van der Waals surface area contributed by atoms with Gasteiger partial charge in [-0.05, 0) is 25.1 Å². The Balaban J connectivity index is 1.74. The number of aromatic nitrogens is 2. The topological polar surface area (TPSA) is 73.2 Å². The quantitative estimate of drug-likeness (QED) is 0.745. The van der Waals surface area contributed by atoms with Crippen LogP contribution in [0, 0.1) is 11.6 Å². The number of carbonyl (C=O) groups excluding carboxylic acids is 1. The van der Waals surface area contributed by atoms with Crippen molar-refractivity contribution in [2.45, 2.75) is 13.0 Å². The van der Waals surface area contributed by atoms with Gasteiger partial charge in [-0.3, -0.25) is 9.59 Å². The lowest BCUT2D eigenvalue weighted by Gasteiger charge is -2.16. The van der Waals surface area contributed by atoms with E-state index in [0.29, 0.717) is 10.8 Å². The van der Waals surface area contributed by atoms with Crippen molar-refractivity contribution in [1.29, 1.82) is 0 Å². The van der Waals surface area contributed by atoms with Gasteiger partial charge in [0.2, 0.25) is 0 Å². The summed E-state index contributed by atoms with van der Waals surface area (Å²) in [5.41, 5.74) is -0.196. The molecule has 0 aliphatic carbocycles. The third kappa shape index (κ3) is 3.94. The van der Waals surface area contributed by atoms with Gasteiger partial charge >= 0.3 is 0 Å². The van der Waals surface area contributed by atoms with E-state index in [1.165, 1.54) is 13.1 Å². The van der Waals surface area contributed by atoms with Gasteiger partial charge in [-0.25, -0.2) is 13.5 Å². The summed E-state index contributed by atoms with van der Waals surface area (Å²) in [7, 11) is 1.47. The number of ether oxygens (including phenoxy) is 1. The first kappa shape index (κ1) is 18.5. The lowest BCUT2D eigenvalue weighted by Crippen LogP contribution is -2.38. The van der Waals surface area contributed by atoms with Gasteiger partial charge in [-0.2, -0.15) is 5.10 Å². The van der Waals surface area contributed by atoms with Crippen LogP contribution in [-0.2, 0) is 7.05 Å². The monoisotopic (exact) mass is 373 g/mol. The number of nitrogens with zero attached hydrogens (tertiary/aromatic N) is 2. The molecular formula is C19H17F2N3O3.